The maximum Gasteiger partial charge on any atom is 0.105 e. The molecular formula is C14H16N2S. The number of pyridine rings is 1. The second-order valence-corrected chi connectivity index (χ2v) is 5.10. The zero-order valence-corrected chi connectivity index (χ0v) is 10.9. The van der Waals surface area contributed by atoms with Gasteiger partial charge in [-0.15, -0.1) is 0 Å². The van der Waals surface area contributed by atoms with Crippen molar-refractivity contribution in [3.8, 4) is 0 Å². The van der Waals surface area contributed by atoms with E-state index in [0.717, 1.165) is 10.6 Å². The molecule has 1 heterocycles. The lowest BCUT2D eigenvalue weighted by Gasteiger charge is -2.09. The topological polar surface area (TPSA) is 38.9 Å². The molecule has 0 aliphatic carbocycles. The summed E-state index contributed by atoms with van der Waals surface area (Å²) in [6, 6.07) is 10.4. The average Bonchev–Trinajstić information content (AvgIpc) is 2.29. The van der Waals surface area contributed by atoms with Crippen molar-refractivity contribution >= 4 is 11.8 Å². The highest BCUT2D eigenvalue weighted by atomic mass is 32.2. The van der Waals surface area contributed by atoms with Crippen LogP contribution in [-0.2, 0) is 6.54 Å². The van der Waals surface area contributed by atoms with E-state index in [2.05, 4.69) is 43.1 Å². The minimum atomic E-state index is 0.536. The van der Waals surface area contributed by atoms with E-state index in [1.54, 1.807) is 11.8 Å². The first kappa shape index (κ1) is 12.1. The van der Waals surface area contributed by atoms with Gasteiger partial charge in [0.1, 0.15) is 5.03 Å². The molecule has 1 aromatic carbocycles. The third-order valence-electron chi connectivity index (χ3n) is 2.66. The number of rotatable bonds is 3. The number of hydrogen-bond donors (Lipinski definition) is 1. The van der Waals surface area contributed by atoms with Crippen LogP contribution in [0.15, 0.2) is 46.5 Å². The van der Waals surface area contributed by atoms with Crippen LogP contribution in [0.4, 0.5) is 0 Å². The van der Waals surface area contributed by atoms with E-state index in [-0.39, 0.29) is 0 Å². The molecule has 0 aliphatic heterocycles. The highest BCUT2D eigenvalue weighted by molar-refractivity contribution is 7.99. The fourth-order valence-corrected chi connectivity index (χ4v) is 2.79. The summed E-state index contributed by atoms with van der Waals surface area (Å²) in [5, 5.41) is 1.01. The number of benzene rings is 1. The average molecular weight is 244 g/mol. The van der Waals surface area contributed by atoms with Crippen molar-refractivity contribution < 1.29 is 0 Å². The molecule has 3 heteroatoms. The van der Waals surface area contributed by atoms with Gasteiger partial charge in [-0.25, -0.2) is 4.98 Å². The molecule has 88 valence electrons. The van der Waals surface area contributed by atoms with E-state index in [1.165, 1.54) is 16.0 Å². The van der Waals surface area contributed by atoms with E-state index in [4.69, 9.17) is 5.73 Å². The predicted octanol–water partition coefficient (Wildman–Crippen LogP) is 3.31. The van der Waals surface area contributed by atoms with E-state index in [0.29, 0.717) is 6.54 Å². The molecule has 1 aromatic heterocycles. The first-order chi connectivity index (χ1) is 8.20. The first-order valence-corrected chi connectivity index (χ1v) is 6.41. The van der Waals surface area contributed by atoms with Crippen molar-refractivity contribution in [3.05, 3.63) is 53.2 Å². The van der Waals surface area contributed by atoms with E-state index in [9.17, 15) is 0 Å². The van der Waals surface area contributed by atoms with Crippen LogP contribution in [0.3, 0.4) is 0 Å². The van der Waals surface area contributed by atoms with Gasteiger partial charge in [0, 0.05) is 23.2 Å². The van der Waals surface area contributed by atoms with Crippen LogP contribution in [0.2, 0.25) is 0 Å². The predicted molar refractivity (Wildman–Crippen MR) is 72.2 cm³/mol. The van der Waals surface area contributed by atoms with Gasteiger partial charge in [-0.05, 0) is 37.6 Å². The minimum absolute atomic E-state index is 0.536. The second-order valence-electron chi connectivity index (χ2n) is 4.03. The summed E-state index contributed by atoms with van der Waals surface area (Å²) < 4.78 is 0. The van der Waals surface area contributed by atoms with Crippen LogP contribution in [-0.4, -0.2) is 4.98 Å². The number of nitrogens with two attached hydrogens (primary N) is 1. The SMILES string of the molecule is Cc1cccc(Sc2nccc(C)c2CN)c1. The molecule has 0 saturated heterocycles. The van der Waals surface area contributed by atoms with Gasteiger partial charge in [0.2, 0.25) is 0 Å². The van der Waals surface area contributed by atoms with Gasteiger partial charge >= 0.3 is 0 Å². The van der Waals surface area contributed by atoms with Crippen molar-refractivity contribution in [2.45, 2.75) is 30.3 Å². The monoisotopic (exact) mass is 244 g/mol. The lowest BCUT2D eigenvalue weighted by atomic mass is 10.2. The Bertz CT molecular complexity index is 523. The Morgan fingerprint density at radius 1 is 1.24 bits per heavy atom. The molecule has 2 aromatic rings. The van der Waals surface area contributed by atoms with Crippen molar-refractivity contribution in [1.29, 1.82) is 0 Å². The van der Waals surface area contributed by atoms with Crippen LogP contribution in [0.1, 0.15) is 16.7 Å². The molecule has 0 atom stereocenters. The molecule has 2 rings (SSSR count). The zero-order valence-electron chi connectivity index (χ0n) is 10.1. The maximum absolute atomic E-state index is 5.78. The molecular weight excluding hydrogens is 228 g/mol. The second kappa shape index (κ2) is 5.34. The number of aromatic nitrogens is 1. The lowest BCUT2D eigenvalue weighted by molar-refractivity contribution is 0.943. The maximum atomic E-state index is 5.78. The zero-order chi connectivity index (χ0) is 12.3. The molecule has 2 N–H and O–H groups in total. The van der Waals surface area contributed by atoms with E-state index < -0.39 is 0 Å². The van der Waals surface area contributed by atoms with Crippen LogP contribution in [0.25, 0.3) is 0 Å². The van der Waals surface area contributed by atoms with Gasteiger partial charge in [0.05, 0.1) is 0 Å². The van der Waals surface area contributed by atoms with E-state index >= 15 is 0 Å². The van der Waals surface area contributed by atoms with Gasteiger partial charge in [-0.1, -0.05) is 29.5 Å². The van der Waals surface area contributed by atoms with Crippen LogP contribution < -0.4 is 5.73 Å². The molecule has 0 saturated carbocycles. The standard InChI is InChI=1S/C14H16N2S/c1-10-4-3-5-12(8-10)17-14-13(9-15)11(2)6-7-16-14/h3-8H,9,15H2,1-2H3. The fraction of sp³-hybridized carbons (Fsp3) is 0.214. The van der Waals surface area contributed by atoms with Gasteiger partial charge in [-0.2, -0.15) is 0 Å². The smallest absolute Gasteiger partial charge is 0.105 e. The third-order valence-corrected chi connectivity index (χ3v) is 3.69. The summed E-state index contributed by atoms with van der Waals surface area (Å²) in [5.74, 6) is 0. The fourth-order valence-electron chi connectivity index (χ4n) is 1.69. The first-order valence-electron chi connectivity index (χ1n) is 5.60. The van der Waals surface area contributed by atoms with Gasteiger partial charge in [0.25, 0.3) is 0 Å². The Morgan fingerprint density at radius 2 is 2.06 bits per heavy atom. The van der Waals surface area contributed by atoms with Crippen LogP contribution in [0.5, 0.6) is 0 Å². The Morgan fingerprint density at radius 3 is 2.76 bits per heavy atom. The number of hydrogen-bond acceptors (Lipinski definition) is 3. The molecule has 2 nitrogen and oxygen atoms in total. The molecule has 0 amide bonds. The third kappa shape index (κ3) is 2.87. The molecule has 0 spiro atoms. The summed E-state index contributed by atoms with van der Waals surface area (Å²) in [6.07, 6.45) is 1.84. The molecule has 0 fully saturated rings. The van der Waals surface area contributed by atoms with Gasteiger partial charge in [0.15, 0.2) is 0 Å². The summed E-state index contributed by atoms with van der Waals surface area (Å²) in [7, 11) is 0. The Labute approximate surface area is 106 Å². The van der Waals surface area contributed by atoms with Crippen molar-refractivity contribution in [3.63, 3.8) is 0 Å². The molecule has 0 unspecified atom stereocenters. The van der Waals surface area contributed by atoms with Crippen molar-refractivity contribution in [2.24, 2.45) is 5.73 Å². The lowest BCUT2D eigenvalue weighted by Crippen LogP contribution is -2.02. The largest absolute Gasteiger partial charge is 0.326 e. The Hall–Kier alpha value is -1.32. The molecule has 0 aliphatic rings. The van der Waals surface area contributed by atoms with Crippen LogP contribution >= 0.6 is 11.8 Å². The molecule has 0 radical (unpaired) electrons. The Kier molecular flexibility index (Phi) is 3.82. The number of nitrogens with zero attached hydrogens (tertiary/aromatic N) is 1. The summed E-state index contributed by atoms with van der Waals surface area (Å²) in [5.41, 5.74) is 9.39. The summed E-state index contributed by atoms with van der Waals surface area (Å²) >= 11 is 1.68. The summed E-state index contributed by atoms with van der Waals surface area (Å²) in [6.45, 7) is 4.70. The van der Waals surface area contributed by atoms with Gasteiger partial charge < -0.3 is 5.73 Å². The van der Waals surface area contributed by atoms with Crippen molar-refractivity contribution in [2.75, 3.05) is 0 Å². The highest BCUT2D eigenvalue weighted by Crippen LogP contribution is 2.30. The van der Waals surface area contributed by atoms with Crippen LogP contribution in [0, 0.1) is 13.8 Å². The van der Waals surface area contributed by atoms with Crippen molar-refractivity contribution in [1.82, 2.24) is 4.98 Å². The Balaban J connectivity index is 2.33. The van der Waals surface area contributed by atoms with Gasteiger partial charge in [-0.3, -0.25) is 0 Å². The molecule has 17 heavy (non-hydrogen) atoms. The highest BCUT2D eigenvalue weighted by Gasteiger charge is 2.07. The molecule has 0 bridgehead atoms. The quantitative estimate of drug-likeness (QED) is 0.900. The minimum Gasteiger partial charge on any atom is -0.326 e. The number of aryl methyl sites for hydroxylation is 2. The normalized spacial score (nSPS) is 10.5. The summed E-state index contributed by atoms with van der Waals surface area (Å²) in [4.78, 5) is 5.62. The van der Waals surface area contributed by atoms with E-state index in [1.807, 2.05) is 12.3 Å².